The lowest BCUT2D eigenvalue weighted by atomic mass is 10.1. The fourth-order valence-electron chi connectivity index (χ4n) is 4.90. The highest BCUT2D eigenvalue weighted by Crippen LogP contribution is 2.34. The molecule has 170 valence electrons. The van der Waals surface area contributed by atoms with Crippen LogP contribution in [-0.2, 0) is 6.54 Å². The van der Waals surface area contributed by atoms with Crippen LogP contribution in [0.3, 0.4) is 0 Å². The first-order chi connectivity index (χ1) is 16.2. The number of hydrogen-bond donors (Lipinski definition) is 0. The number of ether oxygens (including phenoxy) is 1. The molecule has 1 atom stereocenters. The van der Waals surface area contributed by atoms with Gasteiger partial charge in [0.15, 0.2) is 0 Å². The first-order valence-electron chi connectivity index (χ1n) is 11.4. The van der Waals surface area contributed by atoms with Crippen LogP contribution in [0.1, 0.15) is 5.69 Å². The summed E-state index contributed by atoms with van der Waals surface area (Å²) in [7, 11) is 3.81. The molecule has 0 saturated carbocycles. The third-order valence-corrected chi connectivity index (χ3v) is 6.70. The first kappa shape index (κ1) is 21.2. The number of hydrogen-bond acceptors (Lipinski definition) is 6. The highest BCUT2D eigenvalue weighted by atomic mass is 16.5. The van der Waals surface area contributed by atoms with Gasteiger partial charge in [0.2, 0.25) is 0 Å². The number of nitrogens with zero attached hydrogens (tertiary/aromatic N) is 6. The van der Waals surface area contributed by atoms with Crippen LogP contribution in [0.4, 0.5) is 17.1 Å². The van der Waals surface area contributed by atoms with Gasteiger partial charge in [-0.25, -0.2) is 0 Å². The van der Waals surface area contributed by atoms with Gasteiger partial charge in [-0.3, -0.25) is 19.6 Å². The fraction of sp³-hybridized carbons (Fsp3) is 0.346. The molecule has 1 fully saturated rings. The van der Waals surface area contributed by atoms with E-state index in [0.29, 0.717) is 0 Å². The van der Waals surface area contributed by atoms with Gasteiger partial charge >= 0.3 is 0 Å². The van der Waals surface area contributed by atoms with Gasteiger partial charge in [-0.1, -0.05) is 18.1 Å². The highest BCUT2D eigenvalue weighted by Gasteiger charge is 2.29. The summed E-state index contributed by atoms with van der Waals surface area (Å²) in [5.74, 6) is 4.01. The summed E-state index contributed by atoms with van der Waals surface area (Å²) in [6.07, 6.45) is 12.0. The number of para-hydroxylation sites is 2. The second kappa shape index (κ2) is 9.08. The summed E-state index contributed by atoms with van der Waals surface area (Å²) in [6.45, 7) is 5.37. The number of pyridine rings is 1. The van der Waals surface area contributed by atoms with E-state index in [1.54, 1.807) is 7.11 Å². The minimum atomic E-state index is -0.0550. The minimum absolute atomic E-state index is 0.0550. The van der Waals surface area contributed by atoms with Crippen molar-refractivity contribution in [3.05, 3.63) is 66.7 Å². The van der Waals surface area contributed by atoms with Crippen LogP contribution >= 0.6 is 0 Å². The molecule has 0 amide bonds. The van der Waals surface area contributed by atoms with E-state index in [4.69, 9.17) is 11.2 Å². The Morgan fingerprint density at radius 1 is 1.03 bits per heavy atom. The first-order valence-corrected chi connectivity index (χ1v) is 11.4. The van der Waals surface area contributed by atoms with Gasteiger partial charge in [0.1, 0.15) is 11.8 Å². The van der Waals surface area contributed by atoms with Gasteiger partial charge < -0.3 is 14.5 Å². The van der Waals surface area contributed by atoms with Gasteiger partial charge in [-0.05, 0) is 30.3 Å². The molecule has 0 N–H and O–H groups in total. The van der Waals surface area contributed by atoms with Crippen molar-refractivity contribution in [2.45, 2.75) is 12.6 Å². The fourth-order valence-corrected chi connectivity index (χ4v) is 4.90. The monoisotopic (exact) mass is 442 g/mol. The molecule has 7 nitrogen and oxygen atoms in total. The number of aromatic nitrogens is 2. The van der Waals surface area contributed by atoms with Gasteiger partial charge in [0.25, 0.3) is 0 Å². The van der Waals surface area contributed by atoms with Crippen molar-refractivity contribution in [2.75, 3.05) is 61.7 Å². The van der Waals surface area contributed by atoms with E-state index >= 15 is 0 Å². The quantitative estimate of drug-likeness (QED) is 0.566. The smallest absolute Gasteiger partial charge is 0.142 e. The molecule has 0 aliphatic carbocycles. The number of rotatable bonds is 5. The summed E-state index contributed by atoms with van der Waals surface area (Å²) in [4.78, 5) is 11.6. The SMILES string of the molecule is C#CC(CN1CCN(c2ccccc2OC)CC1)N1Cc2cccn2N(C)c2ccncc21. The Kier molecular flexibility index (Phi) is 5.84. The van der Waals surface area contributed by atoms with Crippen molar-refractivity contribution in [3.63, 3.8) is 0 Å². The number of terminal acetylenes is 1. The highest BCUT2D eigenvalue weighted by molar-refractivity contribution is 5.72. The molecule has 2 aromatic heterocycles. The summed E-state index contributed by atoms with van der Waals surface area (Å²) in [5, 5.41) is 2.16. The number of methoxy groups -OCH3 is 1. The maximum absolute atomic E-state index is 6.13. The average Bonchev–Trinajstić information content (AvgIpc) is 3.30. The second-order valence-electron chi connectivity index (χ2n) is 8.50. The van der Waals surface area contributed by atoms with Crippen LogP contribution in [0, 0.1) is 12.3 Å². The third-order valence-electron chi connectivity index (χ3n) is 6.70. The number of fused-ring (bicyclic) bond motifs is 2. The Morgan fingerprint density at radius 3 is 2.64 bits per heavy atom. The molecule has 5 rings (SSSR count). The Labute approximate surface area is 195 Å². The van der Waals surface area contributed by atoms with Crippen LogP contribution in [0.15, 0.2) is 61.1 Å². The van der Waals surface area contributed by atoms with Gasteiger partial charge in [0.05, 0.1) is 42.6 Å². The van der Waals surface area contributed by atoms with Gasteiger partial charge in [-0.2, -0.15) is 0 Å². The van der Waals surface area contributed by atoms with E-state index in [9.17, 15) is 0 Å². The van der Waals surface area contributed by atoms with Crippen LogP contribution in [0.25, 0.3) is 0 Å². The van der Waals surface area contributed by atoms with E-state index in [2.05, 4.69) is 78.9 Å². The average molecular weight is 443 g/mol. The largest absolute Gasteiger partial charge is 0.495 e. The van der Waals surface area contributed by atoms with Crippen LogP contribution in [0.5, 0.6) is 5.75 Å². The lowest BCUT2D eigenvalue weighted by Crippen LogP contribution is -2.51. The van der Waals surface area contributed by atoms with Crippen molar-refractivity contribution in [2.24, 2.45) is 0 Å². The zero-order valence-corrected chi connectivity index (χ0v) is 19.3. The van der Waals surface area contributed by atoms with E-state index in [1.165, 1.54) is 5.69 Å². The Morgan fingerprint density at radius 2 is 1.85 bits per heavy atom. The molecule has 33 heavy (non-hydrogen) atoms. The standard InChI is InChI=1S/C26H30N6O/c1-4-21(19-29-14-16-30(17-15-29)24-9-5-6-10-26(24)33-3)31-20-22-8-7-13-32(22)28(2)23-11-12-27-18-25(23)31/h1,5-13,18,21H,14-17,19-20H2,2-3H3. The lowest BCUT2D eigenvalue weighted by molar-refractivity contribution is 0.250. The van der Waals surface area contributed by atoms with E-state index in [1.807, 2.05) is 24.5 Å². The Hall–Kier alpha value is -3.63. The molecule has 0 spiro atoms. The van der Waals surface area contributed by atoms with Crippen LogP contribution in [0.2, 0.25) is 0 Å². The van der Waals surface area contributed by atoms with Crippen molar-refractivity contribution in [1.82, 2.24) is 14.6 Å². The molecule has 3 aromatic rings. The predicted octanol–water partition coefficient (Wildman–Crippen LogP) is 2.94. The molecule has 1 aromatic carbocycles. The van der Waals surface area contributed by atoms with E-state index in [0.717, 1.165) is 62.1 Å². The van der Waals surface area contributed by atoms with E-state index in [-0.39, 0.29) is 6.04 Å². The zero-order valence-electron chi connectivity index (χ0n) is 19.3. The molecular formula is C26H30N6O. The molecule has 1 saturated heterocycles. The van der Waals surface area contributed by atoms with Gasteiger partial charge in [-0.15, -0.1) is 6.42 Å². The minimum Gasteiger partial charge on any atom is -0.495 e. The summed E-state index contributed by atoms with van der Waals surface area (Å²) in [5.41, 5.74) is 4.53. The topological polar surface area (TPSA) is 40.0 Å². The molecule has 2 aliphatic rings. The number of piperazine rings is 1. The molecule has 7 heteroatoms. The van der Waals surface area contributed by atoms with Gasteiger partial charge in [0, 0.05) is 52.2 Å². The van der Waals surface area contributed by atoms with E-state index < -0.39 is 0 Å². The van der Waals surface area contributed by atoms with Crippen molar-refractivity contribution < 1.29 is 4.74 Å². The molecule has 2 aliphatic heterocycles. The van der Waals surface area contributed by atoms with Crippen molar-refractivity contribution in [1.29, 1.82) is 0 Å². The number of anilines is 3. The second-order valence-corrected chi connectivity index (χ2v) is 8.50. The van der Waals surface area contributed by atoms with Crippen LogP contribution in [-0.4, -0.2) is 67.5 Å². The summed E-state index contributed by atoms with van der Waals surface area (Å²) < 4.78 is 7.74. The summed E-state index contributed by atoms with van der Waals surface area (Å²) >= 11 is 0. The Bertz CT molecular complexity index is 1140. The molecule has 1 unspecified atom stereocenters. The maximum Gasteiger partial charge on any atom is 0.142 e. The molecule has 0 radical (unpaired) electrons. The predicted molar refractivity (Wildman–Crippen MR) is 133 cm³/mol. The zero-order chi connectivity index (χ0) is 22.8. The molecule has 0 bridgehead atoms. The Balaban J connectivity index is 1.33. The van der Waals surface area contributed by atoms with Crippen molar-refractivity contribution >= 4 is 17.1 Å². The lowest BCUT2D eigenvalue weighted by Gasteiger charge is -2.39. The normalized spacial score (nSPS) is 17.1. The maximum atomic E-state index is 6.13. The molecule has 4 heterocycles. The molecular weight excluding hydrogens is 412 g/mol. The number of benzene rings is 1. The third kappa shape index (κ3) is 3.98. The summed E-state index contributed by atoms with van der Waals surface area (Å²) in [6, 6.07) is 14.5. The van der Waals surface area contributed by atoms with Crippen molar-refractivity contribution in [3.8, 4) is 18.1 Å². The van der Waals surface area contributed by atoms with Crippen LogP contribution < -0.4 is 19.5 Å².